The second kappa shape index (κ2) is 7.01. The highest BCUT2D eigenvalue weighted by Crippen LogP contribution is 2.30. The average Bonchev–Trinajstić information content (AvgIpc) is 3.15. The number of ether oxygens (including phenoxy) is 1. The number of nitrogens with zero attached hydrogens (tertiary/aromatic N) is 1. The van der Waals surface area contributed by atoms with E-state index in [0.29, 0.717) is 23.9 Å². The molecule has 0 radical (unpaired) electrons. The summed E-state index contributed by atoms with van der Waals surface area (Å²) in [6, 6.07) is 15.7. The number of hydrogen-bond donors (Lipinski definition) is 2. The topological polar surface area (TPSA) is 76.4 Å². The molecule has 3 aromatic rings. The molecule has 0 aliphatic carbocycles. The molecule has 1 aliphatic rings. The van der Waals surface area contributed by atoms with Crippen molar-refractivity contribution in [3.63, 3.8) is 0 Å². The Bertz CT molecular complexity index is 921. The number of amides is 1. The van der Waals surface area contributed by atoms with Crippen LogP contribution in [0, 0.1) is 0 Å². The van der Waals surface area contributed by atoms with E-state index < -0.39 is 0 Å². The van der Waals surface area contributed by atoms with Gasteiger partial charge < -0.3 is 19.8 Å². The van der Waals surface area contributed by atoms with Crippen LogP contribution in [0.1, 0.15) is 24.4 Å². The Balaban J connectivity index is 1.41. The zero-order valence-electron chi connectivity index (χ0n) is 14.4. The van der Waals surface area contributed by atoms with Crippen molar-refractivity contribution in [2.24, 2.45) is 0 Å². The first kappa shape index (κ1) is 16.4. The summed E-state index contributed by atoms with van der Waals surface area (Å²) in [5.41, 5.74) is 2.75. The predicted octanol–water partition coefficient (Wildman–Crippen LogP) is 3.52. The first-order chi connectivity index (χ1) is 12.7. The minimum Gasteiger partial charge on any atom is -0.482 e. The van der Waals surface area contributed by atoms with Crippen LogP contribution in [0.15, 0.2) is 59.1 Å². The van der Waals surface area contributed by atoms with Crippen LogP contribution < -0.4 is 15.4 Å². The highest BCUT2D eigenvalue weighted by molar-refractivity contribution is 5.95. The molecular weight excluding hydrogens is 330 g/mol. The van der Waals surface area contributed by atoms with Crippen LogP contribution in [0.4, 0.5) is 5.69 Å². The summed E-state index contributed by atoms with van der Waals surface area (Å²) in [5.74, 6) is 1.94. The zero-order valence-corrected chi connectivity index (χ0v) is 14.4. The van der Waals surface area contributed by atoms with E-state index in [1.165, 1.54) is 0 Å². The number of nitrogens with one attached hydrogen (secondary N) is 2. The fourth-order valence-electron chi connectivity index (χ4n) is 2.86. The fraction of sp³-hybridized carbons (Fsp3) is 0.200. The van der Waals surface area contributed by atoms with Gasteiger partial charge in [0.2, 0.25) is 5.89 Å². The molecule has 1 atom stereocenters. The van der Waals surface area contributed by atoms with Gasteiger partial charge in [0.1, 0.15) is 5.75 Å². The molecule has 0 unspecified atom stereocenters. The van der Waals surface area contributed by atoms with E-state index >= 15 is 0 Å². The molecule has 1 amide bonds. The second-order valence-corrected chi connectivity index (χ2v) is 6.18. The molecule has 4 rings (SSSR count). The Kier molecular flexibility index (Phi) is 4.41. The molecule has 1 aliphatic heterocycles. The van der Waals surface area contributed by atoms with Crippen molar-refractivity contribution in [3.05, 3.63) is 66.2 Å². The molecule has 132 valence electrons. The third kappa shape index (κ3) is 3.45. The van der Waals surface area contributed by atoms with Crippen molar-refractivity contribution in [1.82, 2.24) is 10.3 Å². The predicted molar refractivity (Wildman–Crippen MR) is 97.8 cm³/mol. The SMILES string of the molecule is C[C@@H](NCc1ncc(-c2ccccc2)o1)c1ccc2c(c1)NC(=O)CO2. The molecule has 0 fully saturated rings. The quantitative estimate of drug-likeness (QED) is 0.737. The summed E-state index contributed by atoms with van der Waals surface area (Å²) >= 11 is 0. The summed E-state index contributed by atoms with van der Waals surface area (Å²) in [4.78, 5) is 15.8. The summed E-state index contributed by atoms with van der Waals surface area (Å²) in [7, 11) is 0. The van der Waals surface area contributed by atoms with E-state index in [0.717, 1.165) is 16.9 Å². The molecule has 6 nitrogen and oxygen atoms in total. The monoisotopic (exact) mass is 349 g/mol. The van der Waals surface area contributed by atoms with Gasteiger partial charge in [-0.25, -0.2) is 4.98 Å². The lowest BCUT2D eigenvalue weighted by molar-refractivity contribution is -0.118. The first-order valence-corrected chi connectivity index (χ1v) is 8.49. The van der Waals surface area contributed by atoms with Gasteiger partial charge >= 0.3 is 0 Å². The lowest BCUT2D eigenvalue weighted by Crippen LogP contribution is -2.26. The van der Waals surface area contributed by atoms with Crippen LogP contribution in [0.5, 0.6) is 5.75 Å². The van der Waals surface area contributed by atoms with Crippen molar-refractivity contribution >= 4 is 11.6 Å². The Morgan fingerprint density at radius 1 is 1.23 bits per heavy atom. The maximum Gasteiger partial charge on any atom is 0.262 e. The van der Waals surface area contributed by atoms with Gasteiger partial charge in [-0.2, -0.15) is 0 Å². The number of hydrogen-bond acceptors (Lipinski definition) is 5. The van der Waals surface area contributed by atoms with E-state index in [2.05, 4.69) is 15.6 Å². The van der Waals surface area contributed by atoms with E-state index in [1.54, 1.807) is 6.20 Å². The van der Waals surface area contributed by atoms with Gasteiger partial charge in [0.05, 0.1) is 18.4 Å². The van der Waals surface area contributed by atoms with E-state index in [-0.39, 0.29) is 18.6 Å². The van der Waals surface area contributed by atoms with E-state index in [4.69, 9.17) is 9.15 Å². The van der Waals surface area contributed by atoms with Crippen LogP contribution in [-0.2, 0) is 11.3 Å². The molecule has 0 spiro atoms. The van der Waals surface area contributed by atoms with Gasteiger partial charge in [-0.05, 0) is 24.6 Å². The number of carbonyl (C=O) groups excluding carboxylic acids is 1. The van der Waals surface area contributed by atoms with Gasteiger partial charge in [0, 0.05) is 11.6 Å². The minimum absolute atomic E-state index is 0.0613. The molecule has 2 N–H and O–H groups in total. The number of aromatic nitrogens is 1. The van der Waals surface area contributed by atoms with Gasteiger partial charge in [-0.15, -0.1) is 0 Å². The Morgan fingerprint density at radius 3 is 2.92 bits per heavy atom. The fourth-order valence-corrected chi connectivity index (χ4v) is 2.86. The number of rotatable bonds is 5. The van der Waals surface area contributed by atoms with Gasteiger partial charge in [0.25, 0.3) is 5.91 Å². The molecule has 6 heteroatoms. The molecule has 0 bridgehead atoms. The summed E-state index contributed by atoms with van der Waals surface area (Å²) in [5, 5.41) is 6.22. The third-order valence-corrected chi connectivity index (χ3v) is 4.31. The van der Waals surface area contributed by atoms with Crippen molar-refractivity contribution in [2.75, 3.05) is 11.9 Å². The van der Waals surface area contributed by atoms with Crippen LogP contribution >= 0.6 is 0 Å². The highest BCUT2D eigenvalue weighted by Gasteiger charge is 2.17. The summed E-state index contributed by atoms with van der Waals surface area (Å²) in [6.45, 7) is 2.62. The van der Waals surface area contributed by atoms with Gasteiger partial charge in [-0.3, -0.25) is 4.79 Å². The smallest absolute Gasteiger partial charge is 0.262 e. The standard InChI is InChI=1S/C20H19N3O3/c1-13(15-7-8-17-16(9-15)23-19(24)12-25-17)21-11-20-22-10-18(26-20)14-5-3-2-4-6-14/h2-10,13,21H,11-12H2,1H3,(H,23,24)/t13-/m1/s1. The van der Waals surface area contributed by atoms with Crippen molar-refractivity contribution in [1.29, 1.82) is 0 Å². The molecule has 2 heterocycles. The zero-order chi connectivity index (χ0) is 17.9. The Labute approximate surface area is 151 Å². The summed E-state index contributed by atoms with van der Waals surface area (Å²) in [6.07, 6.45) is 1.74. The molecule has 0 saturated heterocycles. The highest BCUT2D eigenvalue weighted by atomic mass is 16.5. The van der Waals surface area contributed by atoms with Gasteiger partial charge in [0.15, 0.2) is 12.4 Å². The molecule has 0 saturated carbocycles. The average molecular weight is 349 g/mol. The largest absolute Gasteiger partial charge is 0.482 e. The maximum atomic E-state index is 11.5. The lowest BCUT2D eigenvalue weighted by Gasteiger charge is -2.20. The number of benzene rings is 2. The number of anilines is 1. The molecule has 1 aromatic heterocycles. The Hall–Kier alpha value is -3.12. The molecule has 26 heavy (non-hydrogen) atoms. The van der Waals surface area contributed by atoms with Crippen molar-refractivity contribution in [2.45, 2.75) is 19.5 Å². The molecular formula is C20H19N3O3. The summed E-state index contributed by atoms with van der Waals surface area (Å²) < 4.78 is 11.2. The normalized spacial score (nSPS) is 14.3. The maximum absolute atomic E-state index is 11.5. The first-order valence-electron chi connectivity index (χ1n) is 8.49. The van der Waals surface area contributed by atoms with Crippen LogP contribution in [0.25, 0.3) is 11.3 Å². The third-order valence-electron chi connectivity index (χ3n) is 4.31. The van der Waals surface area contributed by atoms with Crippen molar-refractivity contribution < 1.29 is 13.9 Å². The van der Waals surface area contributed by atoms with Gasteiger partial charge in [-0.1, -0.05) is 36.4 Å². The van der Waals surface area contributed by atoms with Crippen LogP contribution in [0.2, 0.25) is 0 Å². The second-order valence-electron chi connectivity index (χ2n) is 6.18. The van der Waals surface area contributed by atoms with E-state index in [1.807, 2.05) is 55.5 Å². The van der Waals surface area contributed by atoms with Crippen molar-refractivity contribution in [3.8, 4) is 17.1 Å². The molecule has 2 aromatic carbocycles. The van der Waals surface area contributed by atoms with Crippen LogP contribution in [0.3, 0.4) is 0 Å². The number of oxazole rings is 1. The number of carbonyl (C=O) groups is 1. The Morgan fingerprint density at radius 2 is 2.08 bits per heavy atom. The van der Waals surface area contributed by atoms with E-state index in [9.17, 15) is 4.79 Å². The number of fused-ring (bicyclic) bond motifs is 1. The lowest BCUT2D eigenvalue weighted by atomic mass is 10.1. The minimum atomic E-state index is -0.136. The van der Waals surface area contributed by atoms with Crippen LogP contribution in [-0.4, -0.2) is 17.5 Å².